The van der Waals surface area contributed by atoms with E-state index in [1.165, 1.54) is 0 Å². The number of nitrogens with zero attached hydrogens (tertiary/aromatic N) is 1. The van der Waals surface area contributed by atoms with Crippen LogP contribution in [0.2, 0.25) is 0 Å². The minimum Gasteiger partial charge on any atom is -0.311 e. The van der Waals surface area contributed by atoms with Gasteiger partial charge >= 0.3 is 0 Å². The first-order valence-corrected chi connectivity index (χ1v) is 5.14. The summed E-state index contributed by atoms with van der Waals surface area (Å²) in [5.74, 6) is 0. The van der Waals surface area contributed by atoms with E-state index in [-0.39, 0.29) is 5.41 Å². The second kappa shape index (κ2) is 4.38. The lowest BCUT2D eigenvalue weighted by Crippen LogP contribution is -2.51. The number of nitrogens with one attached hydrogen (secondary N) is 1. The highest BCUT2D eigenvalue weighted by atomic mass is 19.1. The SMILES string of the molecule is CCC(C)(C)CN1CCNCC1F. The smallest absolute Gasteiger partial charge is 0.166 e. The molecule has 0 aromatic heterocycles. The van der Waals surface area contributed by atoms with Crippen molar-refractivity contribution in [1.82, 2.24) is 10.2 Å². The Morgan fingerprint density at radius 2 is 2.23 bits per heavy atom. The average Bonchev–Trinajstić information content (AvgIpc) is 2.09. The predicted molar refractivity (Wildman–Crippen MR) is 53.4 cm³/mol. The van der Waals surface area contributed by atoms with Crippen molar-refractivity contribution >= 4 is 0 Å². The van der Waals surface area contributed by atoms with Crippen molar-refractivity contribution < 1.29 is 4.39 Å². The van der Waals surface area contributed by atoms with E-state index in [9.17, 15) is 4.39 Å². The molecule has 0 amide bonds. The van der Waals surface area contributed by atoms with E-state index >= 15 is 0 Å². The Balaban J connectivity index is 2.42. The standard InChI is InChI=1S/C10H21FN2/c1-4-10(2,3)8-13-6-5-12-7-9(13)11/h9,12H,4-8H2,1-3H3. The molecule has 13 heavy (non-hydrogen) atoms. The number of halogens is 1. The van der Waals surface area contributed by atoms with Gasteiger partial charge in [0, 0.05) is 26.2 Å². The Hall–Kier alpha value is -0.150. The number of rotatable bonds is 3. The van der Waals surface area contributed by atoms with Crippen LogP contribution in [0.4, 0.5) is 4.39 Å². The van der Waals surface area contributed by atoms with Gasteiger partial charge in [-0.15, -0.1) is 0 Å². The number of hydrogen-bond acceptors (Lipinski definition) is 2. The Morgan fingerprint density at radius 3 is 2.77 bits per heavy atom. The molecular weight excluding hydrogens is 167 g/mol. The van der Waals surface area contributed by atoms with Gasteiger partial charge in [-0.05, 0) is 11.8 Å². The summed E-state index contributed by atoms with van der Waals surface area (Å²) in [6.45, 7) is 9.66. The van der Waals surface area contributed by atoms with Crippen LogP contribution >= 0.6 is 0 Å². The first-order chi connectivity index (χ1) is 6.05. The second-order valence-electron chi connectivity index (χ2n) is 4.63. The Bertz CT molecular complexity index is 159. The largest absolute Gasteiger partial charge is 0.311 e. The van der Waals surface area contributed by atoms with E-state index < -0.39 is 6.30 Å². The fourth-order valence-corrected chi connectivity index (χ4v) is 1.55. The average molecular weight is 188 g/mol. The molecule has 1 saturated heterocycles. The van der Waals surface area contributed by atoms with Crippen LogP contribution in [0.15, 0.2) is 0 Å². The van der Waals surface area contributed by atoms with Crippen molar-refractivity contribution in [1.29, 1.82) is 0 Å². The van der Waals surface area contributed by atoms with Gasteiger partial charge in [-0.1, -0.05) is 20.8 Å². The summed E-state index contributed by atoms with van der Waals surface area (Å²) in [4.78, 5) is 1.94. The second-order valence-corrected chi connectivity index (χ2v) is 4.63. The normalized spacial score (nSPS) is 26.3. The molecule has 1 fully saturated rings. The summed E-state index contributed by atoms with van der Waals surface area (Å²) in [7, 11) is 0. The molecule has 78 valence electrons. The maximum Gasteiger partial charge on any atom is 0.166 e. The summed E-state index contributed by atoms with van der Waals surface area (Å²) in [5.41, 5.74) is 0.238. The maximum absolute atomic E-state index is 13.4. The number of piperazine rings is 1. The first-order valence-electron chi connectivity index (χ1n) is 5.14. The van der Waals surface area contributed by atoms with Crippen LogP contribution in [-0.4, -0.2) is 37.4 Å². The van der Waals surface area contributed by atoms with Gasteiger partial charge in [-0.2, -0.15) is 0 Å². The fraction of sp³-hybridized carbons (Fsp3) is 1.00. The highest BCUT2D eigenvalue weighted by molar-refractivity contribution is 4.78. The molecule has 0 aromatic carbocycles. The van der Waals surface area contributed by atoms with Crippen LogP contribution in [0.1, 0.15) is 27.2 Å². The third kappa shape index (κ3) is 3.24. The molecule has 0 spiro atoms. The zero-order valence-electron chi connectivity index (χ0n) is 8.94. The van der Waals surface area contributed by atoms with Crippen LogP contribution in [0.3, 0.4) is 0 Å². The molecule has 0 radical (unpaired) electrons. The van der Waals surface area contributed by atoms with E-state index in [4.69, 9.17) is 0 Å². The highest BCUT2D eigenvalue weighted by Gasteiger charge is 2.26. The monoisotopic (exact) mass is 188 g/mol. The lowest BCUT2D eigenvalue weighted by Gasteiger charge is -2.36. The van der Waals surface area contributed by atoms with E-state index in [0.717, 1.165) is 26.1 Å². The maximum atomic E-state index is 13.4. The third-order valence-corrected chi connectivity index (χ3v) is 2.87. The van der Waals surface area contributed by atoms with Gasteiger partial charge in [0.2, 0.25) is 0 Å². The van der Waals surface area contributed by atoms with E-state index in [0.29, 0.717) is 6.54 Å². The zero-order chi connectivity index (χ0) is 9.90. The minimum absolute atomic E-state index is 0.238. The van der Waals surface area contributed by atoms with Crippen molar-refractivity contribution in [3.63, 3.8) is 0 Å². The third-order valence-electron chi connectivity index (χ3n) is 2.87. The van der Waals surface area contributed by atoms with Gasteiger partial charge < -0.3 is 5.32 Å². The van der Waals surface area contributed by atoms with Crippen LogP contribution < -0.4 is 5.32 Å². The molecule has 0 bridgehead atoms. The van der Waals surface area contributed by atoms with Crippen molar-refractivity contribution in [2.75, 3.05) is 26.2 Å². The lowest BCUT2D eigenvalue weighted by atomic mass is 9.89. The Labute approximate surface area is 80.5 Å². The van der Waals surface area contributed by atoms with Crippen molar-refractivity contribution in [2.24, 2.45) is 5.41 Å². The minimum atomic E-state index is -0.792. The van der Waals surface area contributed by atoms with E-state index in [2.05, 4.69) is 26.1 Å². The predicted octanol–water partition coefficient (Wildman–Crippen LogP) is 1.62. The van der Waals surface area contributed by atoms with E-state index in [1.54, 1.807) is 0 Å². The molecule has 1 rings (SSSR count). The quantitative estimate of drug-likeness (QED) is 0.677. The summed E-state index contributed by atoms with van der Waals surface area (Å²) < 4.78 is 13.4. The fourth-order valence-electron chi connectivity index (χ4n) is 1.55. The summed E-state index contributed by atoms with van der Waals surface area (Å²) >= 11 is 0. The zero-order valence-corrected chi connectivity index (χ0v) is 8.94. The van der Waals surface area contributed by atoms with Crippen molar-refractivity contribution in [3.8, 4) is 0 Å². The van der Waals surface area contributed by atoms with Crippen molar-refractivity contribution in [2.45, 2.75) is 33.5 Å². The van der Waals surface area contributed by atoms with Crippen LogP contribution in [0.25, 0.3) is 0 Å². The van der Waals surface area contributed by atoms with Gasteiger partial charge in [-0.3, -0.25) is 4.90 Å². The summed E-state index contributed by atoms with van der Waals surface area (Å²) in [6.07, 6.45) is 0.309. The molecule has 0 aliphatic carbocycles. The van der Waals surface area contributed by atoms with Crippen LogP contribution in [0, 0.1) is 5.41 Å². The van der Waals surface area contributed by atoms with Gasteiger partial charge in [0.25, 0.3) is 0 Å². The Morgan fingerprint density at radius 1 is 1.54 bits per heavy atom. The molecule has 0 saturated carbocycles. The topological polar surface area (TPSA) is 15.3 Å². The van der Waals surface area contributed by atoms with E-state index in [1.807, 2.05) is 4.90 Å². The molecule has 1 heterocycles. The molecule has 1 N–H and O–H groups in total. The summed E-state index contributed by atoms with van der Waals surface area (Å²) in [5, 5.41) is 3.05. The van der Waals surface area contributed by atoms with Gasteiger partial charge in [0.1, 0.15) is 0 Å². The van der Waals surface area contributed by atoms with Gasteiger partial charge in [-0.25, -0.2) is 4.39 Å². The van der Waals surface area contributed by atoms with Crippen LogP contribution in [0.5, 0.6) is 0 Å². The molecule has 0 aromatic rings. The number of hydrogen-bond donors (Lipinski definition) is 1. The molecule has 2 nitrogen and oxygen atoms in total. The molecule has 1 aliphatic heterocycles. The van der Waals surface area contributed by atoms with Crippen LogP contribution in [-0.2, 0) is 0 Å². The molecule has 1 aliphatic rings. The van der Waals surface area contributed by atoms with Crippen molar-refractivity contribution in [3.05, 3.63) is 0 Å². The summed E-state index contributed by atoms with van der Waals surface area (Å²) in [6, 6.07) is 0. The van der Waals surface area contributed by atoms with Gasteiger partial charge in [0.05, 0.1) is 0 Å². The first kappa shape index (κ1) is 10.9. The highest BCUT2D eigenvalue weighted by Crippen LogP contribution is 2.22. The van der Waals surface area contributed by atoms with Gasteiger partial charge in [0.15, 0.2) is 6.30 Å². The molecule has 1 atom stereocenters. The number of alkyl halides is 1. The lowest BCUT2D eigenvalue weighted by molar-refractivity contribution is 0.0272. The molecular formula is C10H21FN2. The molecule has 1 unspecified atom stereocenters. The molecule has 3 heteroatoms. The Kier molecular flexibility index (Phi) is 3.68.